The summed E-state index contributed by atoms with van der Waals surface area (Å²) < 4.78 is 12.9. The van der Waals surface area contributed by atoms with E-state index < -0.39 is 37.3 Å². The molecule has 1 aliphatic heterocycles. The van der Waals surface area contributed by atoms with Crippen molar-refractivity contribution in [2.45, 2.75) is 44.2 Å². The van der Waals surface area contributed by atoms with Crippen LogP contribution in [0.1, 0.15) is 11.1 Å². The second-order valence-electron chi connectivity index (χ2n) is 9.20. The Morgan fingerprint density at radius 1 is 0.946 bits per heavy atom. The van der Waals surface area contributed by atoms with Gasteiger partial charge < -0.3 is 34.5 Å². The lowest BCUT2D eigenvalue weighted by Gasteiger charge is -2.39. The standard InChI is InChI=1S/C28H28N2O7/c1-16-12-19(4-5-22(16)36-28-26(34)25(33)24(32)23(15-31)37-28)20-3-2-18-8-11-30(27(35)21(18)13-20)14-17-6-9-29-10-7-17/h2-13,23-26,28,31-34H,14-15H2,1H3/t23-,24+,25-,26+,28-/m0/s1. The lowest BCUT2D eigenvalue weighted by molar-refractivity contribution is -0.277. The maximum atomic E-state index is 13.2. The van der Waals surface area contributed by atoms with Crippen LogP contribution in [0.3, 0.4) is 0 Å². The van der Waals surface area contributed by atoms with E-state index in [4.69, 9.17) is 9.47 Å². The SMILES string of the molecule is Cc1cc(-c2ccc3ccn(Cc4ccncc4)c(=O)c3c2)ccc1O[C@H]1O[C@@H](CO)[C@@H](O)[C@H](O)[C@H]1O. The number of pyridine rings is 2. The van der Waals surface area contributed by atoms with Crippen molar-refractivity contribution < 1.29 is 29.9 Å². The van der Waals surface area contributed by atoms with Crippen molar-refractivity contribution in [2.75, 3.05) is 6.61 Å². The number of aromatic nitrogens is 2. The van der Waals surface area contributed by atoms with E-state index in [1.54, 1.807) is 29.2 Å². The molecule has 1 saturated heterocycles. The van der Waals surface area contributed by atoms with E-state index in [0.717, 1.165) is 27.6 Å². The van der Waals surface area contributed by atoms with Crippen molar-refractivity contribution in [3.05, 3.63) is 94.7 Å². The van der Waals surface area contributed by atoms with Gasteiger partial charge in [-0.1, -0.05) is 18.2 Å². The van der Waals surface area contributed by atoms with E-state index in [1.165, 1.54) is 0 Å². The van der Waals surface area contributed by atoms with Gasteiger partial charge in [0.15, 0.2) is 0 Å². The number of fused-ring (bicyclic) bond motifs is 1. The highest BCUT2D eigenvalue weighted by Gasteiger charge is 2.44. The molecule has 0 unspecified atom stereocenters. The minimum atomic E-state index is -1.52. The summed E-state index contributed by atoms with van der Waals surface area (Å²) in [6.45, 7) is 1.74. The molecule has 2 aromatic carbocycles. The first kappa shape index (κ1) is 25.1. The zero-order valence-electron chi connectivity index (χ0n) is 20.1. The Bertz CT molecular complexity index is 1450. The summed E-state index contributed by atoms with van der Waals surface area (Å²) in [5, 5.41) is 41.1. The van der Waals surface area contributed by atoms with Crippen molar-refractivity contribution in [1.82, 2.24) is 9.55 Å². The third-order valence-electron chi connectivity index (χ3n) is 6.68. The Morgan fingerprint density at radius 3 is 2.41 bits per heavy atom. The van der Waals surface area contributed by atoms with Crippen LogP contribution in [0.15, 0.2) is 78.0 Å². The number of aliphatic hydroxyl groups is 4. The third kappa shape index (κ3) is 5.00. The fraction of sp³-hybridized carbons (Fsp3) is 0.286. The summed E-state index contributed by atoms with van der Waals surface area (Å²) in [6.07, 6.45) is -1.59. The lowest BCUT2D eigenvalue weighted by atomic mass is 9.99. The summed E-state index contributed by atoms with van der Waals surface area (Å²) >= 11 is 0. The van der Waals surface area contributed by atoms with Crippen molar-refractivity contribution in [3.63, 3.8) is 0 Å². The molecule has 2 aromatic heterocycles. The highest BCUT2D eigenvalue weighted by atomic mass is 16.7. The first-order valence-corrected chi connectivity index (χ1v) is 12.0. The average Bonchev–Trinajstić information content (AvgIpc) is 2.92. The highest BCUT2D eigenvalue weighted by Crippen LogP contribution is 2.30. The molecule has 192 valence electrons. The van der Waals surface area contributed by atoms with Crippen molar-refractivity contribution >= 4 is 10.8 Å². The van der Waals surface area contributed by atoms with Crippen LogP contribution in [0.4, 0.5) is 0 Å². The van der Waals surface area contributed by atoms with E-state index in [-0.39, 0.29) is 5.56 Å². The van der Waals surface area contributed by atoms with Crippen LogP contribution in [0.2, 0.25) is 0 Å². The molecule has 1 aliphatic rings. The maximum absolute atomic E-state index is 13.2. The minimum absolute atomic E-state index is 0.0875. The molecule has 9 heteroatoms. The van der Waals surface area contributed by atoms with Crippen LogP contribution >= 0.6 is 0 Å². The van der Waals surface area contributed by atoms with Gasteiger partial charge in [-0.25, -0.2) is 0 Å². The summed E-state index contributed by atoms with van der Waals surface area (Å²) in [5.41, 5.74) is 3.35. The molecule has 0 amide bonds. The highest BCUT2D eigenvalue weighted by molar-refractivity contribution is 5.86. The van der Waals surface area contributed by atoms with Gasteiger partial charge in [-0.15, -0.1) is 0 Å². The van der Waals surface area contributed by atoms with Crippen molar-refractivity contribution in [2.24, 2.45) is 0 Å². The molecular formula is C28H28N2O7. The topological polar surface area (TPSA) is 134 Å². The van der Waals surface area contributed by atoms with E-state index in [9.17, 15) is 25.2 Å². The number of rotatable bonds is 6. The molecule has 4 aromatic rings. The Hall–Kier alpha value is -3.60. The predicted octanol–water partition coefficient (Wildman–Crippen LogP) is 1.60. The summed E-state index contributed by atoms with van der Waals surface area (Å²) in [5.74, 6) is 0.411. The van der Waals surface area contributed by atoms with Gasteiger partial charge in [-0.2, -0.15) is 0 Å². The quantitative estimate of drug-likeness (QED) is 0.311. The fourth-order valence-electron chi connectivity index (χ4n) is 4.52. The Balaban J connectivity index is 1.40. The summed E-state index contributed by atoms with van der Waals surface area (Å²) in [6, 6.07) is 16.8. The van der Waals surface area contributed by atoms with Gasteiger partial charge in [-0.3, -0.25) is 9.78 Å². The molecule has 0 aliphatic carbocycles. The monoisotopic (exact) mass is 504 g/mol. The van der Waals surface area contributed by atoms with Crippen LogP contribution in [0, 0.1) is 6.92 Å². The minimum Gasteiger partial charge on any atom is -0.462 e. The molecule has 3 heterocycles. The van der Waals surface area contributed by atoms with Crippen LogP contribution < -0.4 is 10.3 Å². The Kier molecular flexibility index (Phi) is 7.05. The molecule has 0 radical (unpaired) electrons. The van der Waals surface area contributed by atoms with Crippen LogP contribution in [-0.4, -0.2) is 67.3 Å². The molecule has 4 N–H and O–H groups in total. The molecule has 37 heavy (non-hydrogen) atoms. The van der Waals surface area contributed by atoms with Gasteiger partial charge in [-0.05, 0) is 71.0 Å². The van der Waals surface area contributed by atoms with Crippen LogP contribution in [-0.2, 0) is 11.3 Å². The predicted molar refractivity (Wildman–Crippen MR) is 136 cm³/mol. The van der Waals surface area contributed by atoms with Gasteiger partial charge in [0, 0.05) is 24.0 Å². The van der Waals surface area contributed by atoms with Gasteiger partial charge in [0.05, 0.1) is 13.2 Å². The van der Waals surface area contributed by atoms with E-state index in [0.29, 0.717) is 17.7 Å². The second-order valence-corrected chi connectivity index (χ2v) is 9.20. The first-order valence-electron chi connectivity index (χ1n) is 12.0. The average molecular weight is 505 g/mol. The molecule has 5 atom stereocenters. The van der Waals surface area contributed by atoms with E-state index in [2.05, 4.69) is 4.98 Å². The number of aliphatic hydroxyl groups excluding tert-OH is 4. The molecule has 0 saturated carbocycles. The molecule has 0 bridgehead atoms. The number of ether oxygens (including phenoxy) is 2. The number of nitrogens with zero attached hydrogens (tertiary/aromatic N) is 2. The summed E-state index contributed by atoms with van der Waals surface area (Å²) in [4.78, 5) is 17.2. The zero-order valence-corrected chi connectivity index (χ0v) is 20.1. The number of aryl methyl sites for hydroxylation is 1. The Labute approximate surface area is 212 Å². The zero-order chi connectivity index (χ0) is 26.1. The molecular weight excluding hydrogens is 476 g/mol. The lowest BCUT2D eigenvalue weighted by Crippen LogP contribution is -2.60. The number of hydrogen-bond donors (Lipinski definition) is 4. The number of benzene rings is 2. The smallest absolute Gasteiger partial charge is 0.258 e. The van der Waals surface area contributed by atoms with Gasteiger partial charge in [0.25, 0.3) is 5.56 Å². The normalized spacial score (nSPS) is 23.8. The number of hydrogen-bond acceptors (Lipinski definition) is 8. The first-order chi connectivity index (χ1) is 17.9. The fourth-order valence-corrected chi connectivity index (χ4v) is 4.52. The van der Waals surface area contributed by atoms with Gasteiger partial charge in [0.1, 0.15) is 30.2 Å². The summed E-state index contributed by atoms with van der Waals surface area (Å²) in [7, 11) is 0. The Morgan fingerprint density at radius 2 is 1.68 bits per heavy atom. The molecule has 5 rings (SSSR count). The third-order valence-corrected chi connectivity index (χ3v) is 6.68. The molecule has 1 fully saturated rings. The van der Waals surface area contributed by atoms with Gasteiger partial charge in [0.2, 0.25) is 6.29 Å². The molecule has 9 nitrogen and oxygen atoms in total. The van der Waals surface area contributed by atoms with Crippen LogP contribution in [0.25, 0.3) is 21.9 Å². The van der Waals surface area contributed by atoms with E-state index in [1.807, 2.05) is 55.5 Å². The van der Waals surface area contributed by atoms with Crippen molar-refractivity contribution in [1.29, 1.82) is 0 Å². The van der Waals surface area contributed by atoms with Gasteiger partial charge >= 0.3 is 0 Å². The van der Waals surface area contributed by atoms with Crippen LogP contribution in [0.5, 0.6) is 5.75 Å². The molecule has 0 spiro atoms. The second kappa shape index (κ2) is 10.4. The van der Waals surface area contributed by atoms with Crippen molar-refractivity contribution in [3.8, 4) is 16.9 Å². The largest absolute Gasteiger partial charge is 0.462 e. The maximum Gasteiger partial charge on any atom is 0.258 e. The van der Waals surface area contributed by atoms with E-state index >= 15 is 0 Å².